The van der Waals surface area contributed by atoms with Crippen molar-refractivity contribution in [3.05, 3.63) is 29.3 Å². The summed E-state index contributed by atoms with van der Waals surface area (Å²) in [6.45, 7) is 5.29. The fraction of sp³-hybridized carbons (Fsp3) is 0.533. The molecule has 2 N–H and O–H groups in total. The lowest BCUT2D eigenvalue weighted by Gasteiger charge is -2.34. The number of aryl methyl sites for hydroxylation is 1. The summed E-state index contributed by atoms with van der Waals surface area (Å²) in [7, 11) is 0. The molecule has 0 radical (unpaired) electrons. The van der Waals surface area contributed by atoms with Crippen LogP contribution in [0.4, 0.5) is 5.69 Å². The van der Waals surface area contributed by atoms with E-state index in [2.05, 4.69) is 36.9 Å². The van der Waals surface area contributed by atoms with Crippen LogP contribution < -0.4 is 5.73 Å². The van der Waals surface area contributed by atoms with E-state index in [1.165, 1.54) is 24.0 Å². The predicted molar refractivity (Wildman–Crippen MR) is 75.1 cm³/mol. The molecule has 1 heterocycles. The molecule has 2 aliphatic rings. The Kier molecular flexibility index (Phi) is 2.86. The third-order valence-corrected chi connectivity index (χ3v) is 4.00. The predicted octanol–water partition coefficient (Wildman–Crippen LogP) is 2.74. The molecule has 0 amide bonds. The van der Waals surface area contributed by atoms with Crippen LogP contribution in [0.25, 0.3) is 0 Å². The zero-order chi connectivity index (χ0) is 12.7. The molecule has 1 fully saturated rings. The first kappa shape index (κ1) is 11.7. The van der Waals surface area contributed by atoms with E-state index >= 15 is 0 Å². The van der Waals surface area contributed by atoms with Crippen molar-refractivity contribution in [1.29, 1.82) is 0 Å². The number of hydrogen-bond acceptors (Lipinski definition) is 3. The smallest absolute Gasteiger partial charge is 0.122 e. The van der Waals surface area contributed by atoms with Gasteiger partial charge in [0.25, 0.3) is 0 Å². The summed E-state index contributed by atoms with van der Waals surface area (Å²) >= 11 is 0. The van der Waals surface area contributed by atoms with Crippen LogP contribution >= 0.6 is 0 Å². The van der Waals surface area contributed by atoms with E-state index in [1.807, 2.05) is 0 Å². The van der Waals surface area contributed by atoms with E-state index in [-0.39, 0.29) is 6.04 Å². The van der Waals surface area contributed by atoms with E-state index < -0.39 is 0 Å². The van der Waals surface area contributed by atoms with Gasteiger partial charge in [-0.15, -0.1) is 0 Å². The van der Waals surface area contributed by atoms with E-state index in [0.717, 1.165) is 24.5 Å². The SMILES string of the molecule is CC[C@H](N)C1=Nc2cccc(C)c2CN1C1CC1. The van der Waals surface area contributed by atoms with Crippen molar-refractivity contribution in [3.63, 3.8) is 0 Å². The average molecular weight is 243 g/mol. The highest BCUT2D eigenvalue weighted by Gasteiger charge is 2.35. The van der Waals surface area contributed by atoms with Gasteiger partial charge in [-0.25, -0.2) is 4.99 Å². The summed E-state index contributed by atoms with van der Waals surface area (Å²) in [5.74, 6) is 1.10. The number of nitrogens with two attached hydrogens (primary N) is 1. The Morgan fingerprint density at radius 1 is 1.44 bits per heavy atom. The summed E-state index contributed by atoms with van der Waals surface area (Å²) in [6, 6.07) is 7.10. The second-order valence-corrected chi connectivity index (χ2v) is 5.42. The van der Waals surface area contributed by atoms with Gasteiger partial charge in [-0.2, -0.15) is 0 Å². The highest BCUT2D eigenvalue weighted by molar-refractivity contribution is 5.92. The Hall–Kier alpha value is -1.35. The first-order chi connectivity index (χ1) is 8.70. The van der Waals surface area contributed by atoms with Gasteiger partial charge in [-0.1, -0.05) is 19.1 Å². The average Bonchev–Trinajstić information content (AvgIpc) is 3.21. The molecule has 1 aromatic rings. The fourth-order valence-corrected chi connectivity index (χ4v) is 2.62. The third-order valence-electron chi connectivity index (χ3n) is 4.00. The molecule has 3 heteroatoms. The standard InChI is InChI=1S/C15H21N3/c1-3-13(16)15-17-14-6-4-5-10(2)12(14)9-18(15)11-7-8-11/h4-6,11,13H,3,7-9,16H2,1-2H3/t13-/m0/s1. The topological polar surface area (TPSA) is 41.6 Å². The maximum absolute atomic E-state index is 6.23. The second-order valence-electron chi connectivity index (χ2n) is 5.42. The minimum Gasteiger partial charge on any atom is -0.351 e. The molecule has 0 unspecified atom stereocenters. The number of benzene rings is 1. The Labute approximate surface area is 109 Å². The van der Waals surface area contributed by atoms with Crippen LogP contribution in [0.3, 0.4) is 0 Å². The third kappa shape index (κ3) is 1.93. The second kappa shape index (κ2) is 4.39. The molecule has 1 aromatic carbocycles. The molecule has 18 heavy (non-hydrogen) atoms. The van der Waals surface area contributed by atoms with E-state index in [4.69, 9.17) is 10.7 Å². The van der Waals surface area contributed by atoms with Crippen molar-refractivity contribution in [3.8, 4) is 0 Å². The zero-order valence-corrected chi connectivity index (χ0v) is 11.2. The summed E-state index contributed by atoms with van der Waals surface area (Å²) < 4.78 is 0. The van der Waals surface area contributed by atoms with E-state index in [0.29, 0.717) is 6.04 Å². The first-order valence-electron chi connectivity index (χ1n) is 6.90. The summed E-state index contributed by atoms with van der Waals surface area (Å²) in [6.07, 6.45) is 3.52. The number of amidine groups is 1. The van der Waals surface area contributed by atoms with Gasteiger partial charge in [0.2, 0.25) is 0 Å². The van der Waals surface area contributed by atoms with Crippen LogP contribution in [-0.4, -0.2) is 22.8 Å². The van der Waals surface area contributed by atoms with Crippen LogP contribution in [0.5, 0.6) is 0 Å². The molecule has 1 aliphatic carbocycles. The molecule has 0 spiro atoms. The van der Waals surface area contributed by atoms with Crippen molar-refractivity contribution < 1.29 is 0 Å². The maximum Gasteiger partial charge on any atom is 0.122 e. The van der Waals surface area contributed by atoms with Crippen LogP contribution in [0.1, 0.15) is 37.3 Å². The molecular weight excluding hydrogens is 222 g/mol. The number of hydrogen-bond donors (Lipinski definition) is 1. The van der Waals surface area contributed by atoms with Crippen molar-refractivity contribution in [2.75, 3.05) is 0 Å². The van der Waals surface area contributed by atoms with Crippen LogP contribution in [0, 0.1) is 6.92 Å². The van der Waals surface area contributed by atoms with Crippen LogP contribution in [0.15, 0.2) is 23.2 Å². The van der Waals surface area contributed by atoms with Crippen LogP contribution in [0.2, 0.25) is 0 Å². The van der Waals surface area contributed by atoms with Crippen LogP contribution in [-0.2, 0) is 6.54 Å². The molecule has 0 bridgehead atoms. The van der Waals surface area contributed by atoms with Crippen molar-refractivity contribution in [1.82, 2.24) is 4.90 Å². The molecule has 1 atom stereocenters. The first-order valence-corrected chi connectivity index (χ1v) is 6.90. The molecule has 96 valence electrons. The van der Waals surface area contributed by atoms with Crippen molar-refractivity contribution in [2.24, 2.45) is 10.7 Å². The molecule has 3 rings (SSSR count). The monoisotopic (exact) mass is 243 g/mol. The number of fused-ring (bicyclic) bond motifs is 1. The Bertz CT molecular complexity index is 489. The maximum atomic E-state index is 6.23. The molecule has 1 aliphatic heterocycles. The van der Waals surface area contributed by atoms with Gasteiger partial charge in [0, 0.05) is 18.2 Å². The summed E-state index contributed by atoms with van der Waals surface area (Å²) in [5, 5.41) is 0. The van der Waals surface area contributed by atoms with Gasteiger partial charge >= 0.3 is 0 Å². The van der Waals surface area contributed by atoms with Gasteiger partial charge in [0.15, 0.2) is 0 Å². The lowest BCUT2D eigenvalue weighted by Crippen LogP contribution is -2.45. The zero-order valence-electron chi connectivity index (χ0n) is 11.2. The van der Waals surface area contributed by atoms with Gasteiger partial charge in [-0.3, -0.25) is 0 Å². The van der Waals surface area contributed by atoms with Gasteiger partial charge < -0.3 is 10.6 Å². The molecule has 0 saturated heterocycles. The lowest BCUT2D eigenvalue weighted by molar-refractivity contribution is 0.380. The molecular formula is C15H21N3. The lowest BCUT2D eigenvalue weighted by atomic mass is 10.0. The molecule has 1 saturated carbocycles. The van der Waals surface area contributed by atoms with Gasteiger partial charge in [0.1, 0.15) is 5.84 Å². The van der Waals surface area contributed by atoms with Crippen molar-refractivity contribution >= 4 is 11.5 Å². The largest absolute Gasteiger partial charge is 0.351 e. The molecule has 3 nitrogen and oxygen atoms in total. The number of nitrogens with zero attached hydrogens (tertiary/aromatic N) is 2. The summed E-state index contributed by atoms with van der Waals surface area (Å²) in [5.41, 5.74) is 10.1. The Morgan fingerprint density at radius 2 is 2.22 bits per heavy atom. The van der Waals surface area contributed by atoms with E-state index in [9.17, 15) is 0 Å². The highest BCUT2D eigenvalue weighted by Crippen LogP contribution is 2.36. The van der Waals surface area contributed by atoms with E-state index in [1.54, 1.807) is 0 Å². The minimum atomic E-state index is 0.0688. The highest BCUT2D eigenvalue weighted by atomic mass is 15.3. The minimum absolute atomic E-state index is 0.0688. The van der Waals surface area contributed by atoms with Crippen molar-refractivity contribution in [2.45, 2.75) is 51.7 Å². The Balaban J connectivity index is 2.03. The van der Waals surface area contributed by atoms with Gasteiger partial charge in [-0.05, 0) is 37.8 Å². The van der Waals surface area contributed by atoms with Gasteiger partial charge in [0.05, 0.1) is 11.7 Å². The fourth-order valence-electron chi connectivity index (χ4n) is 2.62. The number of rotatable bonds is 3. The number of aliphatic imine (C=N–C) groups is 1. The Morgan fingerprint density at radius 3 is 2.89 bits per heavy atom. The quantitative estimate of drug-likeness (QED) is 0.887. The summed E-state index contributed by atoms with van der Waals surface area (Å²) in [4.78, 5) is 7.27. The molecule has 0 aromatic heterocycles. The normalized spacial score (nSPS) is 20.4.